The standard InChI is InChI=1S/C6H10N2/c1-5-3-2-4-8-6(5)7/h2-6H,7H2,1H3. The van der Waals surface area contributed by atoms with E-state index in [1.54, 1.807) is 6.21 Å². The first kappa shape index (κ1) is 5.51. The van der Waals surface area contributed by atoms with Crippen LogP contribution in [0.2, 0.25) is 0 Å². The molecule has 2 atom stereocenters. The molecule has 1 rings (SSSR count). The summed E-state index contributed by atoms with van der Waals surface area (Å²) >= 11 is 0. The van der Waals surface area contributed by atoms with Crippen molar-refractivity contribution in [1.29, 1.82) is 0 Å². The average molecular weight is 110 g/mol. The molecule has 2 unspecified atom stereocenters. The van der Waals surface area contributed by atoms with Crippen LogP contribution < -0.4 is 5.73 Å². The van der Waals surface area contributed by atoms with Crippen molar-refractivity contribution in [1.82, 2.24) is 0 Å². The Kier molecular flexibility index (Phi) is 1.44. The fraction of sp³-hybridized carbons (Fsp3) is 0.500. The van der Waals surface area contributed by atoms with E-state index in [0.717, 1.165) is 0 Å². The van der Waals surface area contributed by atoms with Crippen molar-refractivity contribution in [3.63, 3.8) is 0 Å². The smallest absolute Gasteiger partial charge is 0.103 e. The first-order valence-corrected chi connectivity index (χ1v) is 2.76. The molecule has 2 nitrogen and oxygen atoms in total. The summed E-state index contributed by atoms with van der Waals surface area (Å²) in [6, 6.07) is 0. The second-order valence-corrected chi connectivity index (χ2v) is 2.03. The summed E-state index contributed by atoms with van der Waals surface area (Å²) in [7, 11) is 0. The second-order valence-electron chi connectivity index (χ2n) is 2.03. The van der Waals surface area contributed by atoms with Crippen molar-refractivity contribution in [2.75, 3.05) is 0 Å². The molecule has 0 radical (unpaired) electrons. The van der Waals surface area contributed by atoms with Gasteiger partial charge in [0.05, 0.1) is 0 Å². The van der Waals surface area contributed by atoms with Gasteiger partial charge < -0.3 is 5.73 Å². The van der Waals surface area contributed by atoms with Crippen LogP contribution in [0.5, 0.6) is 0 Å². The van der Waals surface area contributed by atoms with Crippen molar-refractivity contribution < 1.29 is 0 Å². The lowest BCUT2D eigenvalue weighted by molar-refractivity contribution is 0.558. The summed E-state index contributed by atoms with van der Waals surface area (Å²) in [6.07, 6.45) is 5.70. The van der Waals surface area contributed by atoms with Crippen LogP contribution in [0.3, 0.4) is 0 Å². The van der Waals surface area contributed by atoms with Crippen LogP contribution in [-0.4, -0.2) is 12.4 Å². The predicted molar refractivity (Wildman–Crippen MR) is 34.8 cm³/mol. The molecule has 2 N–H and O–H groups in total. The number of nitrogens with two attached hydrogens (primary N) is 1. The topological polar surface area (TPSA) is 38.4 Å². The zero-order chi connectivity index (χ0) is 5.98. The Balaban J connectivity index is 2.59. The lowest BCUT2D eigenvalue weighted by Gasteiger charge is -2.13. The predicted octanol–water partition coefficient (Wildman–Crippen LogP) is 0.548. The molecule has 0 aromatic heterocycles. The molecule has 0 saturated carbocycles. The van der Waals surface area contributed by atoms with E-state index in [0.29, 0.717) is 5.92 Å². The Morgan fingerprint density at radius 3 is 2.75 bits per heavy atom. The van der Waals surface area contributed by atoms with Crippen LogP contribution >= 0.6 is 0 Å². The molecule has 0 spiro atoms. The lowest BCUT2D eigenvalue weighted by Crippen LogP contribution is -2.26. The van der Waals surface area contributed by atoms with Crippen molar-refractivity contribution in [3.8, 4) is 0 Å². The molecule has 0 aromatic rings. The van der Waals surface area contributed by atoms with Crippen LogP contribution in [0, 0.1) is 5.92 Å². The minimum Gasteiger partial charge on any atom is -0.309 e. The zero-order valence-corrected chi connectivity index (χ0v) is 4.91. The quantitative estimate of drug-likeness (QED) is 0.486. The number of hydrogen-bond donors (Lipinski definition) is 1. The molecule has 0 aromatic carbocycles. The van der Waals surface area contributed by atoms with Crippen LogP contribution in [0.25, 0.3) is 0 Å². The Hall–Kier alpha value is -0.630. The molecule has 1 aliphatic heterocycles. The summed E-state index contributed by atoms with van der Waals surface area (Å²) in [5, 5.41) is 0. The van der Waals surface area contributed by atoms with E-state index in [4.69, 9.17) is 5.73 Å². The van der Waals surface area contributed by atoms with Crippen molar-refractivity contribution in [2.45, 2.75) is 13.1 Å². The molecule has 1 heterocycles. The van der Waals surface area contributed by atoms with Gasteiger partial charge in [0.25, 0.3) is 0 Å². The fourth-order valence-corrected chi connectivity index (χ4v) is 0.624. The van der Waals surface area contributed by atoms with Gasteiger partial charge in [-0.1, -0.05) is 13.0 Å². The summed E-state index contributed by atoms with van der Waals surface area (Å²) in [4.78, 5) is 3.98. The summed E-state index contributed by atoms with van der Waals surface area (Å²) < 4.78 is 0. The third-order valence-electron chi connectivity index (χ3n) is 1.30. The van der Waals surface area contributed by atoms with E-state index in [1.807, 2.05) is 6.08 Å². The van der Waals surface area contributed by atoms with Crippen LogP contribution in [0.1, 0.15) is 6.92 Å². The highest BCUT2D eigenvalue weighted by Crippen LogP contribution is 2.05. The highest BCUT2D eigenvalue weighted by molar-refractivity contribution is 5.72. The van der Waals surface area contributed by atoms with Gasteiger partial charge in [-0.3, -0.25) is 4.99 Å². The number of dihydropyridines is 1. The highest BCUT2D eigenvalue weighted by Gasteiger charge is 2.07. The molecule has 8 heavy (non-hydrogen) atoms. The Labute approximate surface area is 49.1 Å². The largest absolute Gasteiger partial charge is 0.309 e. The van der Waals surface area contributed by atoms with Crippen molar-refractivity contribution in [3.05, 3.63) is 12.2 Å². The summed E-state index contributed by atoms with van der Waals surface area (Å²) in [5.74, 6) is 0.403. The van der Waals surface area contributed by atoms with Crippen LogP contribution in [-0.2, 0) is 0 Å². The Morgan fingerprint density at radius 2 is 2.38 bits per heavy atom. The zero-order valence-electron chi connectivity index (χ0n) is 4.91. The minimum absolute atomic E-state index is 0.0139. The van der Waals surface area contributed by atoms with Crippen LogP contribution in [0.15, 0.2) is 17.1 Å². The number of allylic oxidation sites excluding steroid dienone is 1. The van der Waals surface area contributed by atoms with E-state index in [1.165, 1.54) is 0 Å². The summed E-state index contributed by atoms with van der Waals surface area (Å²) in [6.45, 7) is 2.05. The third kappa shape index (κ3) is 0.954. The van der Waals surface area contributed by atoms with Gasteiger partial charge in [0, 0.05) is 12.1 Å². The van der Waals surface area contributed by atoms with Gasteiger partial charge in [-0.25, -0.2) is 0 Å². The minimum atomic E-state index is -0.0139. The maximum atomic E-state index is 5.53. The van der Waals surface area contributed by atoms with Gasteiger partial charge >= 0.3 is 0 Å². The van der Waals surface area contributed by atoms with Gasteiger partial charge in [-0.05, 0) is 6.08 Å². The first-order chi connectivity index (χ1) is 3.80. The monoisotopic (exact) mass is 110 g/mol. The van der Waals surface area contributed by atoms with Crippen LogP contribution in [0.4, 0.5) is 0 Å². The van der Waals surface area contributed by atoms with Crippen molar-refractivity contribution in [2.24, 2.45) is 16.6 Å². The average Bonchev–Trinajstić information content (AvgIpc) is 1.77. The van der Waals surface area contributed by atoms with Gasteiger partial charge in [0.2, 0.25) is 0 Å². The molecular formula is C6H10N2. The van der Waals surface area contributed by atoms with Gasteiger partial charge in [0.1, 0.15) is 6.17 Å². The molecule has 0 fully saturated rings. The Bertz CT molecular complexity index is 110. The molecule has 0 aliphatic carbocycles. The fourth-order valence-electron chi connectivity index (χ4n) is 0.624. The number of aliphatic imine (C=N–C) groups is 1. The van der Waals surface area contributed by atoms with Gasteiger partial charge in [-0.2, -0.15) is 0 Å². The molecule has 2 heteroatoms. The Morgan fingerprint density at radius 1 is 1.62 bits per heavy atom. The first-order valence-electron chi connectivity index (χ1n) is 2.76. The molecule has 0 bridgehead atoms. The molecule has 44 valence electrons. The van der Waals surface area contributed by atoms with E-state index in [2.05, 4.69) is 18.0 Å². The summed E-state index contributed by atoms with van der Waals surface area (Å²) in [5.41, 5.74) is 5.53. The number of nitrogens with zero attached hydrogens (tertiary/aromatic N) is 1. The lowest BCUT2D eigenvalue weighted by atomic mass is 10.1. The van der Waals surface area contributed by atoms with E-state index >= 15 is 0 Å². The molecule has 0 amide bonds. The highest BCUT2D eigenvalue weighted by atomic mass is 14.9. The van der Waals surface area contributed by atoms with E-state index in [9.17, 15) is 0 Å². The molecule has 1 aliphatic rings. The number of rotatable bonds is 0. The van der Waals surface area contributed by atoms with E-state index in [-0.39, 0.29) is 6.17 Å². The normalized spacial score (nSPS) is 35.8. The van der Waals surface area contributed by atoms with E-state index < -0.39 is 0 Å². The van der Waals surface area contributed by atoms with Gasteiger partial charge in [0.15, 0.2) is 0 Å². The molecule has 0 saturated heterocycles. The SMILES string of the molecule is CC1C=CC=NC1N. The maximum Gasteiger partial charge on any atom is 0.103 e. The van der Waals surface area contributed by atoms with Gasteiger partial charge in [-0.15, -0.1) is 0 Å². The third-order valence-corrected chi connectivity index (χ3v) is 1.30. The maximum absolute atomic E-state index is 5.53. The number of hydrogen-bond acceptors (Lipinski definition) is 2. The molecular weight excluding hydrogens is 100 g/mol. The second kappa shape index (κ2) is 2.09. The van der Waals surface area contributed by atoms with Crippen molar-refractivity contribution >= 4 is 6.21 Å².